The summed E-state index contributed by atoms with van der Waals surface area (Å²) >= 11 is 0. The Morgan fingerprint density at radius 1 is 1.44 bits per heavy atom. The van der Waals surface area contributed by atoms with Crippen LogP contribution in [0.5, 0.6) is 5.75 Å². The van der Waals surface area contributed by atoms with E-state index in [9.17, 15) is 8.42 Å². The first-order chi connectivity index (χ1) is 7.36. The van der Waals surface area contributed by atoms with E-state index in [0.717, 1.165) is 11.1 Å². The van der Waals surface area contributed by atoms with Crippen LogP contribution in [0.3, 0.4) is 0 Å². The normalized spacial score (nSPS) is 11.2. The van der Waals surface area contributed by atoms with E-state index >= 15 is 0 Å². The van der Waals surface area contributed by atoms with Crippen molar-refractivity contribution < 1.29 is 13.2 Å². The number of hydrogen-bond donors (Lipinski definition) is 1. The second kappa shape index (κ2) is 4.67. The van der Waals surface area contributed by atoms with Crippen molar-refractivity contribution in [2.45, 2.75) is 18.7 Å². The average molecular weight is 241 g/mol. The molecule has 0 saturated carbocycles. The SMILES string of the molecule is C=CCOc1c(C)cc(C)cc1S(N)(=O)=O. The first-order valence-electron chi connectivity index (χ1n) is 4.74. The molecule has 16 heavy (non-hydrogen) atoms. The van der Waals surface area contributed by atoms with Gasteiger partial charge in [-0.15, -0.1) is 0 Å². The predicted molar refractivity (Wildman–Crippen MR) is 63.0 cm³/mol. The number of ether oxygens (including phenoxy) is 1. The van der Waals surface area contributed by atoms with E-state index < -0.39 is 10.0 Å². The molecule has 0 aliphatic rings. The van der Waals surface area contributed by atoms with Crippen LogP contribution in [0.1, 0.15) is 11.1 Å². The largest absolute Gasteiger partial charge is 0.488 e. The van der Waals surface area contributed by atoms with Crippen LogP contribution in [0.2, 0.25) is 0 Å². The van der Waals surface area contributed by atoms with E-state index in [1.807, 2.05) is 6.07 Å². The second-order valence-corrected chi connectivity index (χ2v) is 5.08. The molecule has 1 aromatic rings. The van der Waals surface area contributed by atoms with E-state index in [4.69, 9.17) is 9.88 Å². The predicted octanol–water partition coefficient (Wildman–Crippen LogP) is 1.52. The van der Waals surface area contributed by atoms with Gasteiger partial charge in [0.1, 0.15) is 17.3 Å². The molecule has 0 fully saturated rings. The molecular weight excluding hydrogens is 226 g/mol. The minimum atomic E-state index is -3.77. The molecule has 1 aromatic carbocycles. The molecule has 2 N–H and O–H groups in total. The topological polar surface area (TPSA) is 69.4 Å². The van der Waals surface area contributed by atoms with Crippen molar-refractivity contribution in [3.05, 3.63) is 35.9 Å². The Morgan fingerprint density at radius 3 is 2.56 bits per heavy atom. The molecule has 0 radical (unpaired) electrons. The maximum atomic E-state index is 11.4. The number of hydrogen-bond acceptors (Lipinski definition) is 3. The Kier molecular flexibility index (Phi) is 3.72. The third-order valence-corrected chi connectivity index (χ3v) is 2.95. The zero-order valence-corrected chi connectivity index (χ0v) is 10.2. The number of nitrogens with two attached hydrogens (primary N) is 1. The van der Waals surface area contributed by atoms with Gasteiger partial charge in [0.2, 0.25) is 10.0 Å². The van der Waals surface area contributed by atoms with Crippen molar-refractivity contribution in [1.82, 2.24) is 0 Å². The van der Waals surface area contributed by atoms with Gasteiger partial charge in [-0.2, -0.15) is 0 Å². The maximum absolute atomic E-state index is 11.4. The van der Waals surface area contributed by atoms with Crippen molar-refractivity contribution in [3.8, 4) is 5.75 Å². The zero-order chi connectivity index (χ0) is 12.3. The lowest BCUT2D eigenvalue weighted by molar-refractivity contribution is 0.350. The van der Waals surface area contributed by atoms with Crippen LogP contribution in [0.25, 0.3) is 0 Å². The van der Waals surface area contributed by atoms with Crippen LogP contribution in [0, 0.1) is 13.8 Å². The number of aryl methyl sites for hydroxylation is 2. The Bertz CT molecular complexity index is 506. The van der Waals surface area contributed by atoms with Gasteiger partial charge in [-0.1, -0.05) is 18.7 Å². The average Bonchev–Trinajstić information content (AvgIpc) is 2.14. The van der Waals surface area contributed by atoms with E-state index in [2.05, 4.69) is 6.58 Å². The van der Waals surface area contributed by atoms with Crippen LogP contribution in [0.4, 0.5) is 0 Å². The first-order valence-corrected chi connectivity index (χ1v) is 6.28. The molecule has 0 aromatic heterocycles. The standard InChI is InChI=1S/C11H15NO3S/c1-4-5-15-11-9(3)6-8(2)7-10(11)16(12,13)14/h4,6-7H,1,5H2,2-3H3,(H2,12,13,14). The quantitative estimate of drug-likeness (QED) is 0.812. The van der Waals surface area contributed by atoms with E-state index in [0.29, 0.717) is 5.75 Å². The molecule has 0 unspecified atom stereocenters. The summed E-state index contributed by atoms with van der Waals surface area (Å²) < 4.78 is 28.1. The highest BCUT2D eigenvalue weighted by Crippen LogP contribution is 2.28. The summed E-state index contributed by atoms with van der Waals surface area (Å²) in [4.78, 5) is 0.0202. The molecule has 5 heteroatoms. The fourth-order valence-corrected chi connectivity index (χ4v) is 2.28. The molecular formula is C11H15NO3S. The molecule has 0 spiro atoms. The van der Waals surface area contributed by atoms with Crippen molar-refractivity contribution >= 4 is 10.0 Å². The third kappa shape index (κ3) is 2.84. The Morgan fingerprint density at radius 2 is 2.06 bits per heavy atom. The van der Waals surface area contributed by atoms with Crippen LogP contribution in [-0.2, 0) is 10.0 Å². The molecule has 0 saturated heterocycles. The summed E-state index contributed by atoms with van der Waals surface area (Å²) in [5.41, 5.74) is 1.57. The van der Waals surface area contributed by atoms with Crippen LogP contribution in [0.15, 0.2) is 29.7 Å². The number of sulfonamides is 1. The van der Waals surface area contributed by atoms with E-state index in [1.54, 1.807) is 19.9 Å². The molecule has 0 atom stereocenters. The van der Waals surface area contributed by atoms with Gasteiger partial charge in [0.05, 0.1) is 0 Å². The summed E-state index contributed by atoms with van der Waals surface area (Å²) in [6.45, 7) is 7.33. The van der Waals surface area contributed by atoms with Crippen molar-refractivity contribution in [2.75, 3.05) is 6.61 Å². The minimum absolute atomic E-state index is 0.0202. The Labute approximate surface area is 95.8 Å². The minimum Gasteiger partial charge on any atom is -0.488 e. The van der Waals surface area contributed by atoms with Crippen molar-refractivity contribution in [1.29, 1.82) is 0 Å². The number of rotatable bonds is 4. The molecule has 0 aliphatic heterocycles. The van der Waals surface area contributed by atoms with Gasteiger partial charge in [-0.3, -0.25) is 0 Å². The summed E-state index contributed by atoms with van der Waals surface area (Å²) in [5.74, 6) is 0.299. The van der Waals surface area contributed by atoms with Crippen molar-refractivity contribution in [2.24, 2.45) is 5.14 Å². The highest BCUT2D eigenvalue weighted by atomic mass is 32.2. The molecule has 1 rings (SSSR count). The summed E-state index contributed by atoms with van der Waals surface area (Å²) in [5, 5.41) is 5.13. The Hall–Kier alpha value is -1.33. The summed E-state index contributed by atoms with van der Waals surface area (Å²) in [6.07, 6.45) is 1.55. The fourth-order valence-electron chi connectivity index (χ4n) is 1.45. The lowest BCUT2D eigenvalue weighted by Crippen LogP contribution is -2.15. The third-order valence-electron chi connectivity index (χ3n) is 2.04. The van der Waals surface area contributed by atoms with Crippen LogP contribution < -0.4 is 9.88 Å². The summed E-state index contributed by atoms with van der Waals surface area (Å²) in [7, 11) is -3.77. The van der Waals surface area contributed by atoms with Crippen molar-refractivity contribution in [3.63, 3.8) is 0 Å². The van der Waals surface area contributed by atoms with Crippen LogP contribution >= 0.6 is 0 Å². The van der Waals surface area contributed by atoms with Crippen LogP contribution in [-0.4, -0.2) is 15.0 Å². The monoisotopic (exact) mass is 241 g/mol. The Balaban J connectivity index is 3.38. The fraction of sp³-hybridized carbons (Fsp3) is 0.273. The molecule has 88 valence electrons. The number of benzene rings is 1. The molecule has 0 heterocycles. The highest BCUT2D eigenvalue weighted by Gasteiger charge is 2.17. The number of primary sulfonamides is 1. The second-order valence-electron chi connectivity index (χ2n) is 3.55. The maximum Gasteiger partial charge on any atom is 0.241 e. The zero-order valence-electron chi connectivity index (χ0n) is 9.36. The van der Waals surface area contributed by atoms with Gasteiger partial charge >= 0.3 is 0 Å². The van der Waals surface area contributed by atoms with Gasteiger partial charge in [-0.25, -0.2) is 13.6 Å². The molecule has 0 bridgehead atoms. The smallest absolute Gasteiger partial charge is 0.241 e. The molecule has 4 nitrogen and oxygen atoms in total. The lowest BCUT2D eigenvalue weighted by Gasteiger charge is -2.12. The van der Waals surface area contributed by atoms with Gasteiger partial charge in [-0.05, 0) is 31.0 Å². The van der Waals surface area contributed by atoms with E-state index in [1.165, 1.54) is 6.07 Å². The van der Waals surface area contributed by atoms with Gasteiger partial charge < -0.3 is 4.74 Å². The van der Waals surface area contributed by atoms with Gasteiger partial charge in [0.15, 0.2) is 0 Å². The first kappa shape index (κ1) is 12.7. The van der Waals surface area contributed by atoms with Gasteiger partial charge in [0.25, 0.3) is 0 Å². The lowest BCUT2D eigenvalue weighted by atomic mass is 10.1. The molecule has 0 aliphatic carbocycles. The van der Waals surface area contributed by atoms with E-state index in [-0.39, 0.29) is 11.5 Å². The summed E-state index contributed by atoms with van der Waals surface area (Å²) in [6, 6.07) is 3.34. The molecule has 0 amide bonds. The van der Waals surface area contributed by atoms with Gasteiger partial charge in [0, 0.05) is 0 Å². The highest BCUT2D eigenvalue weighted by molar-refractivity contribution is 7.89.